The molecule has 0 aromatic carbocycles. The van der Waals surface area contributed by atoms with Crippen molar-refractivity contribution >= 4 is 93.5 Å². The molecule has 0 atom stereocenters. The molecule has 32 nitrogen and oxygen atoms in total. The van der Waals surface area contributed by atoms with Crippen LogP contribution < -0.4 is 53.5 Å². The molecule has 504 valence electrons. The molecule has 10 amide bonds. The normalized spacial score (nSPS) is 11.1. The average molecular weight is 1290 g/mol. The number of nitrogens with zero attached hydrogens (tertiary/aromatic N) is 10. The summed E-state index contributed by atoms with van der Waals surface area (Å²) in [6, 6.07) is 6.23. The van der Waals surface area contributed by atoms with E-state index in [0.717, 1.165) is 32.4 Å². The van der Waals surface area contributed by atoms with Crippen LogP contribution in [0.2, 0.25) is 0 Å². The van der Waals surface area contributed by atoms with Gasteiger partial charge in [0.15, 0.2) is 11.6 Å². The molecule has 0 radical (unpaired) electrons. The summed E-state index contributed by atoms with van der Waals surface area (Å²) in [4.78, 5) is 143. The summed E-state index contributed by atoms with van der Waals surface area (Å²) < 4.78 is 9.57. The minimum Gasteiger partial charge on any atom is -0.351 e. The lowest BCUT2D eigenvalue weighted by molar-refractivity contribution is -0.130. The molecule has 0 saturated heterocycles. The van der Waals surface area contributed by atoms with Gasteiger partial charge in [-0.1, -0.05) is 19.3 Å². The molecule has 6 aromatic heterocycles. The molecule has 12 N–H and O–H groups in total. The Labute approximate surface area is 538 Å². The summed E-state index contributed by atoms with van der Waals surface area (Å²) in [6.45, 7) is 3.24. The van der Waals surface area contributed by atoms with Crippen LogP contribution in [-0.4, -0.2) is 171 Å². The highest BCUT2D eigenvalue weighted by molar-refractivity contribution is 6.08. The van der Waals surface area contributed by atoms with Crippen LogP contribution in [0.1, 0.15) is 160 Å². The van der Waals surface area contributed by atoms with E-state index in [1.54, 1.807) is 94.3 Å². The van der Waals surface area contributed by atoms with E-state index in [1.807, 2.05) is 38.0 Å². The second kappa shape index (κ2) is 35.6. The Morgan fingerprint density at radius 1 is 0.376 bits per heavy atom. The third-order valence-electron chi connectivity index (χ3n) is 14.8. The summed E-state index contributed by atoms with van der Waals surface area (Å²) >= 11 is 0. The van der Waals surface area contributed by atoms with Gasteiger partial charge in [-0.15, -0.1) is 0 Å². The van der Waals surface area contributed by atoms with Crippen LogP contribution in [0.4, 0.5) is 34.4 Å². The molecule has 6 rings (SSSR count). The second-order valence-corrected chi connectivity index (χ2v) is 23.2. The van der Waals surface area contributed by atoms with Crippen molar-refractivity contribution < 1.29 is 58.4 Å². The van der Waals surface area contributed by atoms with Crippen molar-refractivity contribution in [3.63, 3.8) is 0 Å². The van der Waals surface area contributed by atoms with E-state index in [2.05, 4.69) is 52.5 Å². The standard InChI is InChI=1S/C61H88N20O12/c1-74(2)26-18-24-62-56(86)44-30-40(34-76(44)5)64-58(88)46-32-42(66-60(90)54-70-48(38-78(54)7)68-50(82)20-12-14-22-52(84)72-92)36-80(46)28-16-10-9-11-17-29-81-37-43(67-61(91)55-71-49(39-79(55)8)69-51(83)21-13-15-23-53(85)73-93)33-47(81)59(89)65-41-31-45(77(6)35-41)57(87)63-25-19-27-75(3)4/h30-39,92-93H,9-29H2,1-8H3,(H,62,86)(H,63,87)(H,64,88)(H,65,89)(H,66,90)(H,67,91)(H,68,82)(H,69,83)(H,72,84)(H,73,85). The van der Waals surface area contributed by atoms with Crippen LogP contribution in [0.25, 0.3) is 0 Å². The Kier molecular flexibility index (Phi) is 27.6. The van der Waals surface area contributed by atoms with Crippen LogP contribution in [0, 0.1) is 0 Å². The predicted molar refractivity (Wildman–Crippen MR) is 346 cm³/mol. The first-order chi connectivity index (χ1) is 44.4. The molecule has 32 heteroatoms. The zero-order valence-electron chi connectivity index (χ0n) is 54.1. The van der Waals surface area contributed by atoms with Gasteiger partial charge in [-0.3, -0.25) is 58.4 Å². The molecular weight excluding hydrogens is 1200 g/mol. The number of imidazole rings is 2. The molecule has 0 bridgehead atoms. The van der Waals surface area contributed by atoms with Gasteiger partial charge in [-0.2, -0.15) is 0 Å². The number of carbonyl (C=O) groups excluding carboxylic acids is 10. The molecule has 0 saturated carbocycles. The fraction of sp³-hybridized carbons (Fsp3) is 0.475. The van der Waals surface area contributed by atoms with Gasteiger partial charge in [-0.05, 0) is 117 Å². The Bertz CT molecular complexity index is 3350. The molecule has 0 fully saturated rings. The van der Waals surface area contributed by atoms with E-state index in [4.69, 9.17) is 10.4 Å². The smallest absolute Gasteiger partial charge is 0.291 e. The molecular formula is C61H88N20O12. The SMILES string of the molecule is CN(C)CCCNC(=O)c1cc(NC(=O)c2cc(NC(=O)c3nc(NC(=O)CCCCC(=O)NO)cn3C)cn2CCCCCCCn2cc(NC(=O)c3nc(NC(=O)CCCCC(=O)NO)cn3C)cc2C(=O)Nc2cc(C(=O)NCCCN(C)C)n(C)c2)cn1C. The number of anilines is 6. The Balaban J connectivity index is 1.13. The summed E-state index contributed by atoms with van der Waals surface area (Å²) in [5, 5.41) is 40.0. The highest BCUT2D eigenvalue weighted by Gasteiger charge is 2.24. The number of unbranched alkanes of at least 4 members (excludes halogenated alkanes) is 6. The van der Waals surface area contributed by atoms with Crippen molar-refractivity contribution in [2.75, 3.05) is 86.3 Å². The lowest BCUT2D eigenvalue weighted by atomic mass is 10.1. The maximum Gasteiger partial charge on any atom is 0.291 e. The molecule has 0 spiro atoms. The second-order valence-electron chi connectivity index (χ2n) is 23.2. The van der Waals surface area contributed by atoms with Crippen molar-refractivity contribution in [1.82, 2.24) is 68.8 Å². The van der Waals surface area contributed by atoms with Gasteiger partial charge in [0.05, 0.1) is 22.7 Å². The number of aromatic nitrogens is 8. The lowest BCUT2D eigenvalue weighted by Gasteiger charge is -2.10. The van der Waals surface area contributed by atoms with Gasteiger partial charge in [0, 0.05) is 117 Å². The van der Waals surface area contributed by atoms with Gasteiger partial charge in [0.1, 0.15) is 22.8 Å². The van der Waals surface area contributed by atoms with Crippen molar-refractivity contribution in [3.05, 3.63) is 95.9 Å². The summed E-state index contributed by atoms with van der Waals surface area (Å²) in [6.07, 6.45) is 16.1. The van der Waals surface area contributed by atoms with E-state index in [0.29, 0.717) is 100 Å². The third kappa shape index (κ3) is 22.8. The fourth-order valence-electron chi connectivity index (χ4n) is 10.0. The molecule has 0 aliphatic heterocycles. The van der Waals surface area contributed by atoms with E-state index in [1.165, 1.54) is 33.7 Å². The molecule has 0 aliphatic rings. The highest BCUT2D eigenvalue weighted by atomic mass is 16.5. The number of hydroxylamine groups is 2. The molecule has 6 aromatic rings. The number of rotatable bonds is 38. The Morgan fingerprint density at radius 3 is 1.08 bits per heavy atom. The zero-order valence-corrected chi connectivity index (χ0v) is 54.1. The van der Waals surface area contributed by atoms with Crippen LogP contribution in [0.3, 0.4) is 0 Å². The van der Waals surface area contributed by atoms with Crippen LogP contribution >= 0.6 is 0 Å². The topological polar surface area (TPSA) is 393 Å². The lowest BCUT2D eigenvalue weighted by Crippen LogP contribution is -2.28. The number of carbonyl (C=O) groups is 10. The van der Waals surface area contributed by atoms with E-state index < -0.39 is 35.4 Å². The number of amides is 10. The minimum absolute atomic E-state index is 0.0340. The first-order valence-electron chi connectivity index (χ1n) is 30.8. The van der Waals surface area contributed by atoms with Crippen LogP contribution in [0.15, 0.2) is 61.4 Å². The minimum atomic E-state index is -0.622. The summed E-state index contributed by atoms with van der Waals surface area (Å²) in [5.74, 6) is -4.54. The summed E-state index contributed by atoms with van der Waals surface area (Å²) in [5.41, 5.74) is 5.54. The fourth-order valence-corrected chi connectivity index (χ4v) is 10.0. The van der Waals surface area contributed by atoms with Crippen molar-refractivity contribution in [1.29, 1.82) is 0 Å². The molecule has 0 unspecified atom stereocenters. The van der Waals surface area contributed by atoms with Gasteiger partial charge in [0.25, 0.3) is 35.4 Å². The first-order valence-corrected chi connectivity index (χ1v) is 30.8. The van der Waals surface area contributed by atoms with Crippen LogP contribution in [-0.2, 0) is 60.5 Å². The zero-order chi connectivity index (χ0) is 67.7. The number of nitrogens with one attached hydrogen (secondary N) is 10. The maximum absolute atomic E-state index is 14.2. The monoisotopic (exact) mass is 1290 g/mol. The largest absolute Gasteiger partial charge is 0.351 e. The first kappa shape index (κ1) is 72.1. The number of aryl methyl sites for hydroxylation is 6. The molecule has 93 heavy (non-hydrogen) atoms. The van der Waals surface area contributed by atoms with Crippen LogP contribution in [0.5, 0.6) is 0 Å². The Morgan fingerprint density at radius 2 is 0.710 bits per heavy atom. The van der Waals surface area contributed by atoms with Gasteiger partial charge >= 0.3 is 0 Å². The van der Waals surface area contributed by atoms with E-state index in [-0.39, 0.29) is 95.4 Å². The van der Waals surface area contributed by atoms with E-state index in [9.17, 15) is 47.9 Å². The summed E-state index contributed by atoms with van der Waals surface area (Å²) in [7, 11) is 14.4. The predicted octanol–water partition coefficient (Wildman–Crippen LogP) is 4.47. The van der Waals surface area contributed by atoms with Gasteiger partial charge in [0.2, 0.25) is 35.3 Å². The van der Waals surface area contributed by atoms with Crippen molar-refractivity contribution in [2.45, 2.75) is 109 Å². The van der Waals surface area contributed by atoms with Crippen molar-refractivity contribution in [2.24, 2.45) is 28.2 Å². The quantitative estimate of drug-likeness (QED) is 0.0145. The number of hydrogen-bond acceptors (Lipinski definition) is 16. The maximum atomic E-state index is 14.2. The van der Waals surface area contributed by atoms with Crippen molar-refractivity contribution in [3.8, 4) is 0 Å². The third-order valence-corrected chi connectivity index (χ3v) is 14.8. The average Bonchev–Trinajstić information content (AvgIpc) is 1.70. The van der Waals surface area contributed by atoms with Gasteiger partial charge in [-0.25, -0.2) is 20.9 Å². The van der Waals surface area contributed by atoms with Gasteiger partial charge < -0.3 is 79.7 Å². The highest BCUT2D eigenvalue weighted by Crippen LogP contribution is 2.24. The number of hydrogen-bond donors (Lipinski definition) is 12. The Hall–Kier alpha value is -9.92. The molecule has 6 heterocycles. The van der Waals surface area contributed by atoms with E-state index >= 15 is 0 Å². The molecule has 0 aliphatic carbocycles.